The number of unbranched alkanes of at least 4 members (excludes halogenated alkanes) is 3. The Balaban J connectivity index is 1.23. The fourth-order valence-corrected chi connectivity index (χ4v) is 8.95. The van der Waals surface area contributed by atoms with E-state index in [2.05, 4.69) is 80.1 Å². The van der Waals surface area contributed by atoms with Crippen molar-refractivity contribution < 1.29 is 23.9 Å². The van der Waals surface area contributed by atoms with Crippen LogP contribution in [-0.2, 0) is 25.6 Å². The highest BCUT2D eigenvalue weighted by Gasteiger charge is 2.72. The van der Waals surface area contributed by atoms with E-state index in [9.17, 15) is 14.4 Å². The van der Waals surface area contributed by atoms with Gasteiger partial charge >= 0.3 is 0 Å². The molecule has 266 valence electrons. The predicted octanol–water partition coefficient (Wildman–Crippen LogP) is 5.96. The Bertz CT molecular complexity index is 1500. The van der Waals surface area contributed by atoms with Crippen LogP contribution in [0.1, 0.15) is 94.1 Å². The lowest BCUT2D eigenvalue weighted by molar-refractivity contribution is -0.143. The molecule has 3 amide bonds. The average Bonchev–Trinajstić information content (AvgIpc) is 3.65. The molecule has 4 saturated heterocycles. The van der Waals surface area contributed by atoms with Crippen molar-refractivity contribution in [3.63, 3.8) is 0 Å². The highest BCUT2D eigenvalue weighted by molar-refractivity contribution is 5.99. The smallest absolute Gasteiger partial charge is 0.251 e. The van der Waals surface area contributed by atoms with Crippen LogP contribution in [0.2, 0.25) is 0 Å². The van der Waals surface area contributed by atoms with Gasteiger partial charge in [0.15, 0.2) is 0 Å². The monoisotopic (exact) mass is 672 g/mol. The topological polar surface area (TPSA) is 91.2 Å². The van der Waals surface area contributed by atoms with E-state index in [4.69, 9.17) is 9.47 Å². The molecule has 2 aromatic carbocycles. The van der Waals surface area contributed by atoms with E-state index in [1.54, 1.807) is 0 Å². The number of carbonyl (C=O) groups excluding carboxylic acids is 3. The molecule has 0 radical (unpaired) electrons. The number of nitrogens with one attached hydrogen (secondary N) is 1. The SMILES string of the molecule is CCCCCCC12C(C)C(CNC(=O)c3cc(-c4ccc(CN5CCOCC5=O)cc4)cc(N(CC)C4CCOCC4)c3C)C(=O)N1C2C. The van der Waals surface area contributed by atoms with E-state index in [0.717, 1.165) is 73.4 Å². The second kappa shape index (κ2) is 15.2. The maximum Gasteiger partial charge on any atom is 0.251 e. The molecule has 49 heavy (non-hydrogen) atoms. The van der Waals surface area contributed by atoms with E-state index in [1.165, 1.54) is 19.3 Å². The Morgan fingerprint density at radius 2 is 1.73 bits per heavy atom. The first-order valence-electron chi connectivity index (χ1n) is 18.8. The van der Waals surface area contributed by atoms with Gasteiger partial charge in [0.2, 0.25) is 11.8 Å². The maximum absolute atomic E-state index is 14.1. The molecular weight excluding hydrogens is 616 g/mol. The molecule has 0 spiro atoms. The van der Waals surface area contributed by atoms with Gasteiger partial charge in [-0.15, -0.1) is 0 Å². The van der Waals surface area contributed by atoms with E-state index in [1.807, 2.05) is 11.0 Å². The Labute approximate surface area is 292 Å². The number of rotatable bonds is 14. The number of amides is 3. The minimum Gasteiger partial charge on any atom is -0.381 e. The van der Waals surface area contributed by atoms with Gasteiger partial charge in [-0.05, 0) is 80.3 Å². The molecule has 4 atom stereocenters. The molecule has 4 aliphatic rings. The zero-order chi connectivity index (χ0) is 34.7. The molecule has 4 aliphatic heterocycles. The minimum atomic E-state index is -0.199. The lowest BCUT2D eigenvalue weighted by Gasteiger charge is -2.37. The van der Waals surface area contributed by atoms with Crippen LogP contribution < -0.4 is 10.2 Å². The first-order chi connectivity index (χ1) is 23.7. The fraction of sp³-hybridized carbons (Fsp3) is 0.625. The van der Waals surface area contributed by atoms with Crippen LogP contribution in [0, 0.1) is 18.8 Å². The molecule has 1 N–H and O–H groups in total. The normalized spacial score (nSPS) is 25.4. The first-order valence-corrected chi connectivity index (χ1v) is 18.8. The van der Waals surface area contributed by atoms with Gasteiger partial charge in [-0.2, -0.15) is 0 Å². The van der Waals surface area contributed by atoms with Crippen molar-refractivity contribution in [3.05, 3.63) is 53.1 Å². The molecule has 4 unspecified atom stereocenters. The van der Waals surface area contributed by atoms with Gasteiger partial charge < -0.3 is 29.5 Å². The molecule has 2 aromatic rings. The zero-order valence-corrected chi connectivity index (χ0v) is 30.3. The number of morpholine rings is 1. The van der Waals surface area contributed by atoms with Crippen LogP contribution in [0.4, 0.5) is 5.69 Å². The standard InChI is InChI=1S/C40H56N4O5/c1-6-8-9-10-17-40-28(4)35(39(47)44(40)29(40)5)24-41-38(46)34-22-32(23-36(27(34)3)43(7-2)33-15-19-48-20-16-33)31-13-11-30(12-14-31)25-42-18-21-49-26-37(42)45/h11-14,22-23,28-29,33,35H,6-10,15-21,24-26H2,1-5H3,(H,41,46). The van der Waals surface area contributed by atoms with Gasteiger partial charge in [-0.3, -0.25) is 14.4 Å². The van der Waals surface area contributed by atoms with Gasteiger partial charge in [0, 0.05) is 56.7 Å². The average molecular weight is 673 g/mol. The van der Waals surface area contributed by atoms with E-state index >= 15 is 0 Å². The predicted molar refractivity (Wildman–Crippen MR) is 192 cm³/mol. The summed E-state index contributed by atoms with van der Waals surface area (Å²) >= 11 is 0. The summed E-state index contributed by atoms with van der Waals surface area (Å²) in [6.45, 7) is 15.4. The summed E-state index contributed by atoms with van der Waals surface area (Å²) in [5.41, 5.74) is 5.67. The number of hydrogen-bond acceptors (Lipinski definition) is 6. The van der Waals surface area contributed by atoms with Gasteiger partial charge in [0.1, 0.15) is 6.61 Å². The van der Waals surface area contributed by atoms with Crippen LogP contribution in [0.25, 0.3) is 11.1 Å². The Hall–Kier alpha value is -3.43. The van der Waals surface area contributed by atoms with Gasteiger partial charge in [0.05, 0.1) is 24.1 Å². The Morgan fingerprint density at radius 1 is 0.980 bits per heavy atom. The molecule has 0 aliphatic carbocycles. The number of fused-ring (bicyclic) bond motifs is 1. The molecule has 9 nitrogen and oxygen atoms in total. The van der Waals surface area contributed by atoms with Crippen LogP contribution in [0.3, 0.4) is 0 Å². The summed E-state index contributed by atoms with van der Waals surface area (Å²) < 4.78 is 11.0. The third-order valence-electron chi connectivity index (χ3n) is 12.0. The fourth-order valence-electron chi connectivity index (χ4n) is 8.95. The number of benzene rings is 2. The van der Waals surface area contributed by atoms with Crippen molar-refractivity contribution in [2.75, 3.05) is 51.0 Å². The molecule has 0 bridgehead atoms. The number of piperidine rings is 1. The highest BCUT2D eigenvalue weighted by atomic mass is 16.5. The van der Waals surface area contributed by atoms with E-state index in [-0.39, 0.29) is 47.7 Å². The largest absolute Gasteiger partial charge is 0.381 e. The summed E-state index contributed by atoms with van der Waals surface area (Å²) in [5, 5.41) is 3.22. The van der Waals surface area contributed by atoms with Crippen LogP contribution in [-0.4, -0.2) is 91.2 Å². The molecule has 4 heterocycles. The summed E-state index contributed by atoms with van der Waals surface area (Å²) in [6.07, 6.45) is 7.74. The number of anilines is 1. The zero-order valence-electron chi connectivity index (χ0n) is 30.3. The lowest BCUT2D eigenvalue weighted by atomic mass is 9.79. The summed E-state index contributed by atoms with van der Waals surface area (Å²) in [5.74, 6) is 0.0792. The van der Waals surface area contributed by atoms with Crippen molar-refractivity contribution in [1.29, 1.82) is 0 Å². The van der Waals surface area contributed by atoms with Crippen molar-refractivity contribution >= 4 is 23.4 Å². The Morgan fingerprint density at radius 3 is 2.43 bits per heavy atom. The highest BCUT2D eigenvalue weighted by Crippen LogP contribution is 2.58. The lowest BCUT2D eigenvalue weighted by Crippen LogP contribution is -2.40. The number of carbonyl (C=O) groups is 3. The van der Waals surface area contributed by atoms with Crippen LogP contribution in [0.15, 0.2) is 36.4 Å². The minimum absolute atomic E-state index is 0.0153. The van der Waals surface area contributed by atoms with Crippen molar-refractivity contribution in [3.8, 4) is 11.1 Å². The quantitative estimate of drug-likeness (QED) is 0.197. The number of nitrogens with zero attached hydrogens (tertiary/aromatic N) is 3. The van der Waals surface area contributed by atoms with Crippen molar-refractivity contribution in [2.24, 2.45) is 11.8 Å². The van der Waals surface area contributed by atoms with Crippen molar-refractivity contribution in [1.82, 2.24) is 15.1 Å². The Kier molecular flexibility index (Phi) is 11.0. The summed E-state index contributed by atoms with van der Waals surface area (Å²) in [4.78, 5) is 46.4. The maximum atomic E-state index is 14.1. The summed E-state index contributed by atoms with van der Waals surface area (Å²) in [7, 11) is 0. The third kappa shape index (κ3) is 6.98. The molecule has 9 heteroatoms. The van der Waals surface area contributed by atoms with Gasteiger partial charge in [0.25, 0.3) is 5.91 Å². The molecular formula is C40H56N4O5. The van der Waals surface area contributed by atoms with E-state index in [0.29, 0.717) is 37.8 Å². The van der Waals surface area contributed by atoms with E-state index < -0.39 is 0 Å². The second-order valence-corrected chi connectivity index (χ2v) is 14.7. The summed E-state index contributed by atoms with van der Waals surface area (Å²) in [6, 6.07) is 13.2. The van der Waals surface area contributed by atoms with Gasteiger partial charge in [-0.1, -0.05) is 63.8 Å². The molecule has 6 rings (SSSR count). The second-order valence-electron chi connectivity index (χ2n) is 14.7. The first kappa shape index (κ1) is 35.4. The number of ether oxygens (including phenoxy) is 2. The van der Waals surface area contributed by atoms with Gasteiger partial charge in [-0.25, -0.2) is 0 Å². The molecule has 0 saturated carbocycles. The van der Waals surface area contributed by atoms with Crippen LogP contribution >= 0.6 is 0 Å². The molecule has 0 aromatic heterocycles. The van der Waals surface area contributed by atoms with Crippen LogP contribution in [0.5, 0.6) is 0 Å². The molecule has 4 fully saturated rings. The number of hydrogen-bond donors (Lipinski definition) is 1. The van der Waals surface area contributed by atoms with Crippen molar-refractivity contribution in [2.45, 2.75) is 104 Å². The third-order valence-corrected chi connectivity index (χ3v) is 12.0.